The first-order chi connectivity index (χ1) is 10.3. The van der Waals surface area contributed by atoms with Crippen molar-refractivity contribution < 1.29 is 4.74 Å². The summed E-state index contributed by atoms with van der Waals surface area (Å²) in [7, 11) is 0. The van der Waals surface area contributed by atoms with Crippen molar-refractivity contribution in [3.05, 3.63) is 41.0 Å². The average Bonchev–Trinajstić information content (AvgIpc) is 2.95. The van der Waals surface area contributed by atoms with Crippen molar-refractivity contribution in [3.63, 3.8) is 0 Å². The highest BCUT2D eigenvalue weighted by atomic mass is 35.5. The zero-order valence-electron chi connectivity index (χ0n) is 11.4. The SMILES string of the molecule is CCNc1nc(OCc2ccc(Cl)cc2)c2cn[nH]c2n1. The molecule has 0 fully saturated rings. The highest BCUT2D eigenvalue weighted by molar-refractivity contribution is 6.30. The van der Waals surface area contributed by atoms with Crippen molar-refractivity contribution in [2.24, 2.45) is 0 Å². The smallest absolute Gasteiger partial charge is 0.229 e. The third-order valence-electron chi connectivity index (χ3n) is 2.90. The number of nitrogens with zero attached hydrogens (tertiary/aromatic N) is 3. The highest BCUT2D eigenvalue weighted by Gasteiger charge is 2.10. The molecule has 1 aromatic carbocycles. The van der Waals surface area contributed by atoms with Crippen LogP contribution in [0.2, 0.25) is 5.02 Å². The molecule has 0 aliphatic carbocycles. The van der Waals surface area contributed by atoms with Gasteiger partial charge in [0.25, 0.3) is 0 Å². The molecule has 2 aromatic heterocycles. The number of aromatic amines is 1. The van der Waals surface area contributed by atoms with Crippen LogP contribution in [0.3, 0.4) is 0 Å². The minimum absolute atomic E-state index is 0.403. The first kappa shape index (κ1) is 13.6. The van der Waals surface area contributed by atoms with Crippen molar-refractivity contribution >= 4 is 28.6 Å². The van der Waals surface area contributed by atoms with Crippen molar-refractivity contribution in [2.75, 3.05) is 11.9 Å². The predicted molar refractivity (Wildman–Crippen MR) is 81.6 cm³/mol. The summed E-state index contributed by atoms with van der Waals surface area (Å²) in [5.41, 5.74) is 1.66. The van der Waals surface area contributed by atoms with Gasteiger partial charge in [0.15, 0.2) is 5.65 Å². The van der Waals surface area contributed by atoms with E-state index in [9.17, 15) is 0 Å². The van der Waals surface area contributed by atoms with E-state index in [4.69, 9.17) is 16.3 Å². The van der Waals surface area contributed by atoms with Gasteiger partial charge in [-0.15, -0.1) is 0 Å². The molecule has 0 saturated heterocycles. The van der Waals surface area contributed by atoms with Gasteiger partial charge in [0.2, 0.25) is 11.8 Å². The van der Waals surface area contributed by atoms with Crippen LogP contribution in [-0.2, 0) is 6.61 Å². The number of ether oxygens (including phenoxy) is 1. The maximum Gasteiger partial charge on any atom is 0.229 e. The number of fused-ring (bicyclic) bond motifs is 1. The first-order valence-corrected chi connectivity index (χ1v) is 6.96. The molecule has 7 heteroatoms. The molecule has 0 aliphatic rings. The fraction of sp³-hybridized carbons (Fsp3) is 0.214. The van der Waals surface area contributed by atoms with Gasteiger partial charge < -0.3 is 10.1 Å². The number of anilines is 1. The standard InChI is InChI=1S/C14H14ClN5O/c1-2-16-14-18-12-11(7-17-20-12)13(19-14)21-8-9-3-5-10(15)6-4-9/h3-7H,2,8H2,1H3,(H2,16,17,18,19,20). The number of rotatable bonds is 5. The van der Waals surface area contributed by atoms with Crippen LogP contribution in [0.25, 0.3) is 11.0 Å². The molecule has 0 amide bonds. The topological polar surface area (TPSA) is 75.7 Å². The summed E-state index contributed by atoms with van der Waals surface area (Å²) < 4.78 is 5.80. The largest absolute Gasteiger partial charge is 0.472 e. The first-order valence-electron chi connectivity index (χ1n) is 6.58. The number of hydrogen-bond donors (Lipinski definition) is 2. The molecule has 0 unspecified atom stereocenters. The Morgan fingerprint density at radius 2 is 2.05 bits per heavy atom. The molecule has 0 spiro atoms. The van der Waals surface area contributed by atoms with Crippen LogP contribution in [0.5, 0.6) is 5.88 Å². The Bertz CT molecular complexity index is 741. The van der Waals surface area contributed by atoms with E-state index in [0.717, 1.165) is 17.5 Å². The zero-order valence-corrected chi connectivity index (χ0v) is 12.2. The Balaban J connectivity index is 1.84. The normalized spacial score (nSPS) is 10.8. The van der Waals surface area contributed by atoms with Gasteiger partial charge in [-0.25, -0.2) is 0 Å². The van der Waals surface area contributed by atoms with E-state index in [1.165, 1.54) is 0 Å². The lowest BCUT2D eigenvalue weighted by Crippen LogP contribution is -2.05. The Morgan fingerprint density at radius 3 is 2.81 bits per heavy atom. The molecule has 3 rings (SSSR count). The number of aromatic nitrogens is 4. The monoisotopic (exact) mass is 303 g/mol. The molecular weight excluding hydrogens is 290 g/mol. The number of H-pyrrole nitrogens is 1. The second-order valence-electron chi connectivity index (χ2n) is 4.43. The number of halogens is 1. The molecule has 2 heterocycles. The highest BCUT2D eigenvalue weighted by Crippen LogP contribution is 2.23. The van der Waals surface area contributed by atoms with Gasteiger partial charge in [-0.3, -0.25) is 5.10 Å². The number of hydrogen-bond acceptors (Lipinski definition) is 5. The fourth-order valence-corrected chi connectivity index (χ4v) is 2.01. The van der Waals surface area contributed by atoms with E-state index in [1.807, 2.05) is 31.2 Å². The van der Waals surface area contributed by atoms with Crippen molar-refractivity contribution in [2.45, 2.75) is 13.5 Å². The minimum atomic E-state index is 0.403. The van der Waals surface area contributed by atoms with Gasteiger partial charge in [-0.05, 0) is 24.6 Å². The second kappa shape index (κ2) is 5.97. The number of nitrogens with one attached hydrogen (secondary N) is 2. The van der Waals surface area contributed by atoms with Gasteiger partial charge in [0, 0.05) is 11.6 Å². The van der Waals surface area contributed by atoms with Crippen LogP contribution in [0.4, 0.5) is 5.95 Å². The van der Waals surface area contributed by atoms with Gasteiger partial charge >= 0.3 is 0 Å². The molecule has 21 heavy (non-hydrogen) atoms. The summed E-state index contributed by atoms with van der Waals surface area (Å²) in [6, 6.07) is 7.50. The Kier molecular flexibility index (Phi) is 3.87. The van der Waals surface area contributed by atoms with Crippen molar-refractivity contribution in [3.8, 4) is 5.88 Å². The summed E-state index contributed by atoms with van der Waals surface area (Å²) in [5.74, 6) is 1.01. The lowest BCUT2D eigenvalue weighted by molar-refractivity contribution is 0.298. The minimum Gasteiger partial charge on any atom is -0.472 e. The summed E-state index contributed by atoms with van der Waals surface area (Å²) in [5, 5.41) is 11.3. The van der Waals surface area contributed by atoms with E-state index in [0.29, 0.717) is 29.1 Å². The third kappa shape index (κ3) is 3.05. The third-order valence-corrected chi connectivity index (χ3v) is 3.15. The molecule has 0 aliphatic heterocycles. The molecule has 2 N–H and O–H groups in total. The van der Waals surface area contributed by atoms with Gasteiger partial charge in [-0.1, -0.05) is 23.7 Å². The van der Waals surface area contributed by atoms with E-state index in [1.54, 1.807) is 6.20 Å². The number of benzene rings is 1. The summed E-state index contributed by atoms with van der Waals surface area (Å²) in [6.07, 6.45) is 1.66. The van der Waals surface area contributed by atoms with Crippen LogP contribution >= 0.6 is 11.6 Å². The lowest BCUT2D eigenvalue weighted by Gasteiger charge is -2.08. The molecule has 0 saturated carbocycles. The second-order valence-corrected chi connectivity index (χ2v) is 4.87. The Labute approximate surface area is 126 Å². The fourth-order valence-electron chi connectivity index (χ4n) is 1.89. The van der Waals surface area contributed by atoms with Crippen LogP contribution in [0, 0.1) is 0 Å². The molecule has 6 nitrogen and oxygen atoms in total. The van der Waals surface area contributed by atoms with E-state index < -0.39 is 0 Å². The zero-order chi connectivity index (χ0) is 14.7. The molecule has 0 atom stereocenters. The maximum atomic E-state index is 5.87. The lowest BCUT2D eigenvalue weighted by atomic mass is 10.2. The van der Waals surface area contributed by atoms with Crippen molar-refractivity contribution in [1.29, 1.82) is 0 Å². The van der Waals surface area contributed by atoms with Crippen molar-refractivity contribution in [1.82, 2.24) is 20.2 Å². The summed E-state index contributed by atoms with van der Waals surface area (Å²) in [4.78, 5) is 8.68. The quantitative estimate of drug-likeness (QED) is 0.758. The molecular formula is C14H14ClN5O. The van der Waals surface area contributed by atoms with Crippen LogP contribution in [-0.4, -0.2) is 26.7 Å². The predicted octanol–water partition coefficient (Wildman–Crippen LogP) is 3.02. The van der Waals surface area contributed by atoms with Gasteiger partial charge in [0.1, 0.15) is 12.0 Å². The maximum absolute atomic E-state index is 5.87. The van der Waals surface area contributed by atoms with E-state index >= 15 is 0 Å². The molecule has 0 bridgehead atoms. The molecule has 108 valence electrons. The van der Waals surface area contributed by atoms with Crippen LogP contribution in [0.15, 0.2) is 30.5 Å². The van der Waals surface area contributed by atoms with Gasteiger partial charge in [0.05, 0.1) is 6.20 Å². The van der Waals surface area contributed by atoms with Gasteiger partial charge in [-0.2, -0.15) is 15.1 Å². The van der Waals surface area contributed by atoms with E-state index in [-0.39, 0.29) is 0 Å². The average molecular weight is 304 g/mol. The van der Waals surface area contributed by atoms with Crippen LogP contribution < -0.4 is 10.1 Å². The summed E-state index contributed by atoms with van der Waals surface area (Å²) in [6.45, 7) is 3.12. The Hall–Kier alpha value is -2.34. The summed E-state index contributed by atoms with van der Waals surface area (Å²) >= 11 is 5.87. The molecule has 3 aromatic rings. The molecule has 0 radical (unpaired) electrons. The van der Waals surface area contributed by atoms with E-state index in [2.05, 4.69) is 25.5 Å². The van der Waals surface area contributed by atoms with Crippen LogP contribution in [0.1, 0.15) is 12.5 Å². The Morgan fingerprint density at radius 1 is 1.24 bits per heavy atom.